The van der Waals surface area contributed by atoms with Gasteiger partial charge in [-0.15, -0.1) is 0 Å². The molecule has 0 atom stereocenters. The largest absolute Gasteiger partial charge is 0.497 e. The molecule has 4 nitrogen and oxygen atoms in total. The fourth-order valence-electron chi connectivity index (χ4n) is 2.28. The average molecular weight is 308 g/mol. The number of fused-ring (bicyclic) bond motifs is 1. The summed E-state index contributed by atoms with van der Waals surface area (Å²) >= 11 is 0. The highest BCUT2D eigenvalue weighted by Crippen LogP contribution is 2.24. The third-order valence-electron chi connectivity index (χ3n) is 3.47. The lowest BCUT2D eigenvalue weighted by Gasteiger charge is -2.05. The van der Waals surface area contributed by atoms with Crippen LogP contribution in [-0.2, 0) is 0 Å². The number of carbonyl (C=O) groups is 1. The maximum Gasteiger partial charge on any atom is 0.221 e. The van der Waals surface area contributed by atoms with Gasteiger partial charge in [0.15, 0.2) is 5.76 Å². The van der Waals surface area contributed by atoms with Crippen molar-refractivity contribution < 1.29 is 18.7 Å². The topological polar surface area (TPSA) is 48.7 Å². The molecule has 1 aromatic heterocycles. The normalized spacial score (nSPS) is 11.0. The van der Waals surface area contributed by atoms with Gasteiger partial charge in [-0.1, -0.05) is 24.3 Å². The van der Waals surface area contributed by atoms with Crippen LogP contribution in [0.4, 0.5) is 0 Å². The summed E-state index contributed by atoms with van der Waals surface area (Å²) in [6.45, 7) is 0. The van der Waals surface area contributed by atoms with Gasteiger partial charge in [0, 0.05) is 11.5 Å². The van der Waals surface area contributed by atoms with E-state index in [1.54, 1.807) is 32.4 Å². The Morgan fingerprint density at radius 2 is 1.70 bits per heavy atom. The lowest BCUT2D eigenvalue weighted by atomic mass is 10.1. The van der Waals surface area contributed by atoms with Crippen molar-refractivity contribution in [3.05, 3.63) is 65.9 Å². The molecule has 0 amide bonds. The molecule has 0 aliphatic heterocycles. The van der Waals surface area contributed by atoms with Crippen LogP contribution in [0.25, 0.3) is 17.0 Å². The van der Waals surface area contributed by atoms with Crippen LogP contribution >= 0.6 is 0 Å². The molecule has 0 aliphatic rings. The van der Waals surface area contributed by atoms with Crippen molar-refractivity contribution in [2.24, 2.45) is 0 Å². The molecule has 0 saturated carbocycles. The van der Waals surface area contributed by atoms with Crippen LogP contribution in [0.15, 0.2) is 59.0 Å². The van der Waals surface area contributed by atoms with E-state index in [0.717, 1.165) is 10.9 Å². The second kappa shape index (κ2) is 6.40. The third kappa shape index (κ3) is 3.26. The fourth-order valence-corrected chi connectivity index (χ4v) is 2.28. The quantitative estimate of drug-likeness (QED) is 0.519. The summed E-state index contributed by atoms with van der Waals surface area (Å²) in [5.74, 6) is 1.46. The first-order valence-electron chi connectivity index (χ1n) is 7.13. The molecule has 23 heavy (non-hydrogen) atoms. The van der Waals surface area contributed by atoms with Crippen molar-refractivity contribution in [2.45, 2.75) is 0 Å². The summed E-state index contributed by atoms with van der Waals surface area (Å²) in [4.78, 5) is 12.3. The zero-order valence-corrected chi connectivity index (χ0v) is 12.9. The Hall–Kier alpha value is -3.01. The lowest BCUT2D eigenvalue weighted by Crippen LogP contribution is -1.91. The van der Waals surface area contributed by atoms with Gasteiger partial charge in [0.1, 0.15) is 17.1 Å². The van der Waals surface area contributed by atoms with E-state index in [-0.39, 0.29) is 5.78 Å². The molecule has 0 fully saturated rings. The summed E-state index contributed by atoms with van der Waals surface area (Å²) in [5, 5.41) is 0.910. The van der Waals surface area contributed by atoms with E-state index in [9.17, 15) is 4.79 Å². The highest BCUT2D eigenvalue weighted by Gasteiger charge is 2.09. The minimum Gasteiger partial charge on any atom is -0.497 e. The molecule has 1 heterocycles. The van der Waals surface area contributed by atoms with Crippen LogP contribution < -0.4 is 9.47 Å². The third-order valence-corrected chi connectivity index (χ3v) is 3.47. The van der Waals surface area contributed by atoms with Crippen molar-refractivity contribution in [3.8, 4) is 11.5 Å². The van der Waals surface area contributed by atoms with Crippen LogP contribution in [-0.4, -0.2) is 20.0 Å². The molecule has 3 aromatic rings. The molecule has 0 spiro atoms. The molecule has 0 radical (unpaired) electrons. The van der Waals surface area contributed by atoms with Gasteiger partial charge in [0.25, 0.3) is 0 Å². The van der Waals surface area contributed by atoms with Gasteiger partial charge in [-0.25, -0.2) is 0 Å². The van der Waals surface area contributed by atoms with Crippen LogP contribution in [0.3, 0.4) is 0 Å². The number of furan rings is 1. The van der Waals surface area contributed by atoms with Gasteiger partial charge in [-0.3, -0.25) is 4.79 Å². The van der Waals surface area contributed by atoms with Crippen molar-refractivity contribution in [2.75, 3.05) is 14.2 Å². The maximum absolute atomic E-state index is 12.3. The van der Waals surface area contributed by atoms with Gasteiger partial charge in [-0.05, 0) is 35.9 Å². The molecule has 3 rings (SSSR count). The van der Waals surface area contributed by atoms with E-state index >= 15 is 0 Å². The molecular weight excluding hydrogens is 292 g/mol. The number of hydrogen-bond donors (Lipinski definition) is 0. The second-order valence-corrected chi connectivity index (χ2v) is 4.99. The minimum atomic E-state index is -0.192. The van der Waals surface area contributed by atoms with E-state index in [1.165, 1.54) is 6.08 Å². The highest BCUT2D eigenvalue weighted by atomic mass is 16.5. The first-order chi connectivity index (χ1) is 11.2. The second-order valence-electron chi connectivity index (χ2n) is 4.99. The minimum absolute atomic E-state index is 0.192. The molecule has 2 aromatic carbocycles. The molecule has 0 saturated heterocycles. The van der Waals surface area contributed by atoms with Crippen LogP contribution in [0, 0.1) is 0 Å². The first-order valence-corrected chi connectivity index (χ1v) is 7.13. The number of rotatable bonds is 5. The van der Waals surface area contributed by atoms with E-state index in [2.05, 4.69) is 0 Å². The van der Waals surface area contributed by atoms with Gasteiger partial charge in [-0.2, -0.15) is 0 Å². The summed E-state index contributed by atoms with van der Waals surface area (Å²) in [5.41, 5.74) is 1.51. The van der Waals surface area contributed by atoms with Crippen LogP contribution in [0.1, 0.15) is 16.1 Å². The maximum atomic E-state index is 12.3. The van der Waals surface area contributed by atoms with Crippen molar-refractivity contribution in [1.29, 1.82) is 0 Å². The number of benzene rings is 2. The summed E-state index contributed by atoms with van der Waals surface area (Å²) in [7, 11) is 3.17. The molecule has 0 N–H and O–H groups in total. The predicted molar refractivity (Wildman–Crippen MR) is 89.1 cm³/mol. The number of hydrogen-bond acceptors (Lipinski definition) is 4. The standard InChI is InChI=1S/C19H16O4/c1-21-15-9-13(10-16(12-15)22-2)7-8-17(20)19-11-14-5-3-4-6-18(14)23-19/h3-12H,1-2H3/b8-7+. The van der Waals surface area contributed by atoms with Gasteiger partial charge >= 0.3 is 0 Å². The number of para-hydroxylation sites is 1. The monoisotopic (exact) mass is 308 g/mol. The number of ketones is 1. The van der Waals surface area contributed by atoms with Crippen LogP contribution in [0.5, 0.6) is 11.5 Å². The molecule has 0 aliphatic carbocycles. The molecule has 0 unspecified atom stereocenters. The number of allylic oxidation sites excluding steroid dienone is 1. The summed E-state index contributed by atoms with van der Waals surface area (Å²) < 4.78 is 16.0. The Morgan fingerprint density at radius 1 is 1.00 bits per heavy atom. The highest BCUT2D eigenvalue weighted by molar-refractivity contribution is 6.07. The SMILES string of the molecule is COc1cc(/C=C/C(=O)c2cc3ccccc3o2)cc(OC)c1. The smallest absolute Gasteiger partial charge is 0.221 e. The van der Waals surface area contributed by atoms with E-state index in [0.29, 0.717) is 22.8 Å². The number of methoxy groups -OCH3 is 2. The lowest BCUT2D eigenvalue weighted by molar-refractivity contribution is 0.102. The fraction of sp³-hybridized carbons (Fsp3) is 0.105. The van der Waals surface area contributed by atoms with Crippen molar-refractivity contribution >= 4 is 22.8 Å². The Morgan fingerprint density at radius 3 is 2.35 bits per heavy atom. The van der Waals surface area contributed by atoms with Crippen molar-refractivity contribution in [1.82, 2.24) is 0 Å². The molecule has 4 heteroatoms. The predicted octanol–water partition coefficient (Wildman–Crippen LogP) is 4.35. The first kappa shape index (κ1) is 14.9. The number of carbonyl (C=O) groups excluding carboxylic acids is 1. The molecular formula is C19H16O4. The van der Waals surface area contributed by atoms with E-state index in [4.69, 9.17) is 13.9 Å². The van der Waals surface area contributed by atoms with E-state index < -0.39 is 0 Å². The Kier molecular flexibility index (Phi) is 4.15. The van der Waals surface area contributed by atoms with Gasteiger partial charge in [0.2, 0.25) is 5.78 Å². The molecule has 0 bridgehead atoms. The zero-order chi connectivity index (χ0) is 16.2. The van der Waals surface area contributed by atoms with Crippen molar-refractivity contribution in [3.63, 3.8) is 0 Å². The summed E-state index contributed by atoms with van der Waals surface area (Å²) in [6.07, 6.45) is 3.19. The number of ether oxygens (including phenoxy) is 2. The van der Waals surface area contributed by atoms with Gasteiger partial charge in [0.05, 0.1) is 14.2 Å². The average Bonchev–Trinajstić information content (AvgIpc) is 3.03. The Labute approximate surface area is 133 Å². The molecule has 116 valence electrons. The van der Waals surface area contributed by atoms with Crippen LogP contribution in [0.2, 0.25) is 0 Å². The van der Waals surface area contributed by atoms with Gasteiger partial charge < -0.3 is 13.9 Å². The van der Waals surface area contributed by atoms with E-state index in [1.807, 2.05) is 36.4 Å². The zero-order valence-electron chi connectivity index (χ0n) is 12.9. The Balaban J connectivity index is 1.85. The summed E-state index contributed by atoms with van der Waals surface area (Å²) in [6, 6.07) is 14.7. The Bertz CT molecular complexity index is 819.